The maximum Gasteiger partial charge on any atom is 0.433 e. The van der Waals surface area contributed by atoms with Gasteiger partial charge in [0.2, 0.25) is 0 Å². The standard InChI is InChI=1S/C12H11F3N4OS/c1-6-8(21-5-18-6)4-17-11-7(10(16)20)2-3-9(19-11)12(13,14)15/h2-3,5H,4H2,1H3,(H2,16,20)(H,17,19). The van der Waals surface area contributed by atoms with Crippen molar-refractivity contribution >= 4 is 23.1 Å². The molecular weight excluding hydrogens is 305 g/mol. The van der Waals surface area contributed by atoms with Crippen LogP contribution in [0.4, 0.5) is 19.0 Å². The van der Waals surface area contributed by atoms with Crippen molar-refractivity contribution < 1.29 is 18.0 Å². The van der Waals surface area contributed by atoms with E-state index in [1.807, 2.05) is 0 Å². The quantitative estimate of drug-likeness (QED) is 0.908. The number of aromatic nitrogens is 2. The minimum Gasteiger partial charge on any atom is -0.365 e. The SMILES string of the molecule is Cc1ncsc1CNc1nc(C(F)(F)F)ccc1C(N)=O. The van der Waals surface area contributed by atoms with E-state index in [4.69, 9.17) is 5.73 Å². The zero-order chi connectivity index (χ0) is 15.6. The largest absolute Gasteiger partial charge is 0.433 e. The Labute approximate surface area is 122 Å². The Kier molecular flexibility index (Phi) is 4.12. The molecule has 0 saturated heterocycles. The second-order valence-electron chi connectivity index (χ2n) is 4.17. The van der Waals surface area contributed by atoms with Crippen LogP contribution in [-0.4, -0.2) is 15.9 Å². The Hall–Kier alpha value is -2.16. The second kappa shape index (κ2) is 5.68. The van der Waals surface area contributed by atoms with Crippen LogP contribution in [-0.2, 0) is 12.7 Å². The van der Waals surface area contributed by atoms with Gasteiger partial charge in [-0.25, -0.2) is 9.97 Å². The molecule has 21 heavy (non-hydrogen) atoms. The van der Waals surface area contributed by atoms with Crippen LogP contribution in [0.25, 0.3) is 0 Å². The first-order valence-electron chi connectivity index (χ1n) is 5.80. The van der Waals surface area contributed by atoms with E-state index in [0.717, 1.165) is 22.7 Å². The number of hydrogen-bond donors (Lipinski definition) is 2. The van der Waals surface area contributed by atoms with Crippen LogP contribution in [0.1, 0.15) is 26.6 Å². The summed E-state index contributed by atoms with van der Waals surface area (Å²) in [6.45, 7) is 1.99. The van der Waals surface area contributed by atoms with Crippen LogP contribution in [0.15, 0.2) is 17.6 Å². The minimum absolute atomic E-state index is 0.0924. The summed E-state index contributed by atoms with van der Waals surface area (Å²) in [7, 11) is 0. The van der Waals surface area contributed by atoms with Crippen LogP contribution in [0, 0.1) is 6.92 Å². The van der Waals surface area contributed by atoms with Crippen LogP contribution >= 0.6 is 11.3 Å². The number of thiazole rings is 1. The first kappa shape index (κ1) is 15.2. The highest BCUT2D eigenvalue weighted by molar-refractivity contribution is 7.09. The van der Waals surface area contributed by atoms with E-state index in [2.05, 4.69) is 15.3 Å². The van der Waals surface area contributed by atoms with Gasteiger partial charge >= 0.3 is 6.18 Å². The van der Waals surface area contributed by atoms with Gasteiger partial charge in [-0.2, -0.15) is 13.2 Å². The average molecular weight is 316 g/mol. The lowest BCUT2D eigenvalue weighted by atomic mass is 10.2. The first-order valence-corrected chi connectivity index (χ1v) is 6.68. The molecule has 0 atom stereocenters. The molecule has 0 bridgehead atoms. The van der Waals surface area contributed by atoms with Gasteiger partial charge in [0.15, 0.2) is 0 Å². The van der Waals surface area contributed by atoms with E-state index in [1.165, 1.54) is 11.3 Å². The highest BCUT2D eigenvalue weighted by atomic mass is 32.1. The number of nitrogens with one attached hydrogen (secondary N) is 1. The van der Waals surface area contributed by atoms with Gasteiger partial charge < -0.3 is 11.1 Å². The van der Waals surface area contributed by atoms with E-state index < -0.39 is 17.8 Å². The molecule has 0 saturated carbocycles. The number of nitrogens with zero attached hydrogens (tertiary/aromatic N) is 2. The number of hydrogen-bond acceptors (Lipinski definition) is 5. The summed E-state index contributed by atoms with van der Waals surface area (Å²) in [5.41, 5.74) is 6.35. The van der Waals surface area contributed by atoms with E-state index in [-0.39, 0.29) is 17.9 Å². The number of rotatable bonds is 4. The van der Waals surface area contributed by atoms with Gasteiger partial charge in [0.05, 0.1) is 23.3 Å². The summed E-state index contributed by atoms with van der Waals surface area (Å²) >= 11 is 1.35. The number of carbonyl (C=O) groups excluding carboxylic acids is 1. The maximum absolute atomic E-state index is 12.7. The molecule has 2 aromatic heterocycles. The topological polar surface area (TPSA) is 80.9 Å². The van der Waals surface area contributed by atoms with Gasteiger partial charge in [-0.1, -0.05) is 0 Å². The Morgan fingerprint density at radius 2 is 2.14 bits per heavy atom. The number of primary amides is 1. The summed E-state index contributed by atoms with van der Waals surface area (Å²) < 4.78 is 38.0. The fourth-order valence-electron chi connectivity index (χ4n) is 1.61. The van der Waals surface area contributed by atoms with Crippen molar-refractivity contribution in [2.45, 2.75) is 19.6 Å². The van der Waals surface area contributed by atoms with Gasteiger partial charge in [0.25, 0.3) is 5.91 Å². The van der Waals surface area contributed by atoms with Crippen molar-refractivity contribution in [3.8, 4) is 0 Å². The predicted octanol–water partition coefficient (Wildman–Crippen LogP) is 2.58. The third kappa shape index (κ3) is 3.48. The van der Waals surface area contributed by atoms with Crippen molar-refractivity contribution in [3.63, 3.8) is 0 Å². The van der Waals surface area contributed by atoms with E-state index >= 15 is 0 Å². The fraction of sp³-hybridized carbons (Fsp3) is 0.250. The van der Waals surface area contributed by atoms with Crippen molar-refractivity contribution in [1.29, 1.82) is 0 Å². The number of halogens is 3. The Bertz CT molecular complexity index is 669. The molecular formula is C12H11F3N4OS. The monoisotopic (exact) mass is 316 g/mol. The van der Waals surface area contributed by atoms with Crippen LogP contribution < -0.4 is 11.1 Å². The number of anilines is 1. The second-order valence-corrected chi connectivity index (χ2v) is 5.11. The molecule has 3 N–H and O–H groups in total. The molecule has 5 nitrogen and oxygen atoms in total. The lowest BCUT2D eigenvalue weighted by Gasteiger charge is -2.12. The molecule has 2 heterocycles. The summed E-state index contributed by atoms with van der Waals surface area (Å²) in [6.07, 6.45) is -4.59. The molecule has 9 heteroatoms. The number of pyridine rings is 1. The number of amides is 1. The third-order valence-electron chi connectivity index (χ3n) is 2.71. The highest BCUT2D eigenvalue weighted by Gasteiger charge is 2.33. The van der Waals surface area contributed by atoms with Gasteiger partial charge in [-0.15, -0.1) is 11.3 Å². The molecule has 0 unspecified atom stereocenters. The fourth-order valence-corrected chi connectivity index (χ4v) is 2.33. The van der Waals surface area contributed by atoms with Crippen LogP contribution in [0.3, 0.4) is 0 Å². The molecule has 0 spiro atoms. The lowest BCUT2D eigenvalue weighted by molar-refractivity contribution is -0.141. The number of alkyl halides is 3. The molecule has 0 aromatic carbocycles. The van der Waals surface area contributed by atoms with E-state index in [9.17, 15) is 18.0 Å². The Balaban J connectivity index is 2.31. The van der Waals surface area contributed by atoms with Crippen LogP contribution in [0.5, 0.6) is 0 Å². The highest BCUT2D eigenvalue weighted by Crippen LogP contribution is 2.29. The Morgan fingerprint density at radius 3 is 2.67 bits per heavy atom. The van der Waals surface area contributed by atoms with Crippen molar-refractivity contribution in [2.24, 2.45) is 5.73 Å². The molecule has 1 amide bonds. The van der Waals surface area contributed by atoms with Gasteiger partial charge in [-0.3, -0.25) is 4.79 Å². The number of nitrogens with two attached hydrogens (primary N) is 1. The summed E-state index contributed by atoms with van der Waals surface area (Å²) in [6, 6.07) is 1.74. The van der Waals surface area contributed by atoms with E-state index in [1.54, 1.807) is 12.4 Å². The third-order valence-corrected chi connectivity index (χ3v) is 3.65. The number of carbonyl (C=O) groups is 1. The summed E-state index contributed by atoms with van der Waals surface area (Å²) in [5, 5.41) is 2.71. The normalized spacial score (nSPS) is 11.4. The van der Waals surface area contributed by atoms with Gasteiger partial charge in [0.1, 0.15) is 11.5 Å². The molecule has 0 radical (unpaired) electrons. The predicted molar refractivity (Wildman–Crippen MR) is 71.9 cm³/mol. The smallest absolute Gasteiger partial charge is 0.365 e. The zero-order valence-corrected chi connectivity index (χ0v) is 11.7. The molecule has 2 rings (SSSR count). The van der Waals surface area contributed by atoms with Crippen molar-refractivity contribution in [2.75, 3.05) is 5.32 Å². The molecule has 2 aromatic rings. The summed E-state index contributed by atoms with van der Waals surface area (Å²) in [5.74, 6) is -1.04. The first-order chi connectivity index (χ1) is 9.79. The maximum atomic E-state index is 12.7. The Morgan fingerprint density at radius 1 is 1.43 bits per heavy atom. The average Bonchev–Trinajstić information content (AvgIpc) is 2.80. The molecule has 0 aliphatic heterocycles. The number of aryl methyl sites for hydroxylation is 1. The molecule has 0 fully saturated rings. The zero-order valence-electron chi connectivity index (χ0n) is 10.9. The van der Waals surface area contributed by atoms with Crippen molar-refractivity contribution in [3.05, 3.63) is 39.5 Å². The lowest BCUT2D eigenvalue weighted by Crippen LogP contribution is -2.18. The van der Waals surface area contributed by atoms with Gasteiger partial charge in [0, 0.05) is 4.88 Å². The van der Waals surface area contributed by atoms with Gasteiger partial charge in [-0.05, 0) is 19.1 Å². The summed E-state index contributed by atoms with van der Waals surface area (Å²) in [4.78, 5) is 19.6. The molecule has 0 aliphatic carbocycles. The van der Waals surface area contributed by atoms with Crippen LogP contribution in [0.2, 0.25) is 0 Å². The molecule has 112 valence electrons. The van der Waals surface area contributed by atoms with Crippen molar-refractivity contribution in [1.82, 2.24) is 9.97 Å². The van der Waals surface area contributed by atoms with E-state index in [0.29, 0.717) is 0 Å². The molecule has 0 aliphatic rings. The minimum atomic E-state index is -4.59.